The molecule has 0 aromatic heterocycles. The SMILES string of the molecule is CCCCOCCN1C(=O)C(C(C)CC)NC(=O)C1C. The van der Waals surface area contributed by atoms with Gasteiger partial charge in [-0.05, 0) is 19.3 Å². The fourth-order valence-corrected chi connectivity index (χ4v) is 2.28. The smallest absolute Gasteiger partial charge is 0.246 e. The molecule has 0 aromatic carbocycles. The maximum Gasteiger partial charge on any atom is 0.246 e. The number of piperazine rings is 1. The van der Waals surface area contributed by atoms with E-state index in [1.54, 1.807) is 11.8 Å². The molecule has 1 rings (SSSR count). The second kappa shape index (κ2) is 8.25. The summed E-state index contributed by atoms with van der Waals surface area (Å²) in [6.45, 7) is 9.61. The minimum atomic E-state index is -0.405. The van der Waals surface area contributed by atoms with Crippen LogP contribution in [0, 0.1) is 5.92 Å². The number of nitrogens with zero attached hydrogens (tertiary/aromatic N) is 1. The number of unbranched alkanes of at least 4 members (excludes halogenated alkanes) is 1. The van der Waals surface area contributed by atoms with Gasteiger partial charge in [0.1, 0.15) is 12.1 Å². The Kier molecular flexibility index (Phi) is 6.99. The van der Waals surface area contributed by atoms with Crippen molar-refractivity contribution < 1.29 is 14.3 Å². The van der Waals surface area contributed by atoms with E-state index in [2.05, 4.69) is 12.2 Å². The predicted molar refractivity (Wildman–Crippen MR) is 78.3 cm³/mol. The molecule has 1 saturated heterocycles. The molecule has 20 heavy (non-hydrogen) atoms. The molecule has 3 unspecified atom stereocenters. The Bertz CT molecular complexity index is 333. The van der Waals surface area contributed by atoms with Gasteiger partial charge in [-0.15, -0.1) is 0 Å². The third kappa shape index (κ3) is 4.20. The lowest BCUT2D eigenvalue weighted by molar-refractivity contribution is -0.150. The molecule has 5 heteroatoms. The molecule has 3 atom stereocenters. The highest BCUT2D eigenvalue weighted by Gasteiger charge is 2.39. The molecule has 1 aliphatic heterocycles. The number of carbonyl (C=O) groups excluding carboxylic acids is 2. The van der Waals surface area contributed by atoms with Crippen molar-refractivity contribution in [1.29, 1.82) is 0 Å². The topological polar surface area (TPSA) is 58.6 Å². The van der Waals surface area contributed by atoms with Crippen molar-refractivity contribution >= 4 is 11.8 Å². The first-order chi connectivity index (χ1) is 9.52. The molecule has 5 nitrogen and oxygen atoms in total. The zero-order valence-corrected chi connectivity index (χ0v) is 13.1. The van der Waals surface area contributed by atoms with Gasteiger partial charge in [0.15, 0.2) is 0 Å². The van der Waals surface area contributed by atoms with Crippen LogP contribution in [0.1, 0.15) is 47.0 Å². The first kappa shape index (κ1) is 17.0. The molecule has 0 bridgehead atoms. The van der Waals surface area contributed by atoms with Crippen molar-refractivity contribution in [3.05, 3.63) is 0 Å². The zero-order valence-electron chi connectivity index (χ0n) is 13.1. The van der Waals surface area contributed by atoms with Crippen molar-refractivity contribution in [3.8, 4) is 0 Å². The number of rotatable bonds is 8. The highest BCUT2D eigenvalue weighted by atomic mass is 16.5. The highest BCUT2D eigenvalue weighted by Crippen LogP contribution is 2.17. The standard InChI is InChI=1S/C15H28N2O3/c1-5-7-9-20-10-8-17-12(4)14(18)16-13(15(17)19)11(3)6-2/h11-13H,5-10H2,1-4H3,(H,16,18). The van der Waals surface area contributed by atoms with Crippen LogP contribution in [-0.2, 0) is 14.3 Å². The van der Waals surface area contributed by atoms with Crippen molar-refractivity contribution in [2.75, 3.05) is 19.8 Å². The lowest BCUT2D eigenvalue weighted by atomic mass is 9.94. The van der Waals surface area contributed by atoms with Crippen LogP contribution in [0.25, 0.3) is 0 Å². The van der Waals surface area contributed by atoms with E-state index < -0.39 is 6.04 Å². The number of nitrogens with one attached hydrogen (secondary N) is 1. The summed E-state index contributed by atoms with van der Waals surface area (Å²) in [4.78, 5) is 26.1. The lowest BCUT2D eigenvalue weighted by Gasteiger charge is -2.39. The molecule has 0 aliphatic carbocycles. The van der Waals surface area contributed by atoms with E-state index in [-0.39, 0.29) is 23.8 Å². The zero-order chi connectivity index (χ0) is 15.1. The minimum absolute atomic E-state index is 0.0190. The summed E-state index contributed by atoms with van der Waals surface area (Å²) in [5, 5.41) is 2.84. The summed E-state index contributed by atoms with van der Waals surface area (Å²) in [6, 6.07) is -0.795. The molecule has 1 fully saturated rings. The van der Waals surface area contributed by atoms with E-state index in [9.17, 15) is 9.59 Å². The maximum absolute atomic E-state index is 12.5. The van der Waals surface area contributed by atoms with Crippen LogP contribution in [-0.4, -0.2) is 48.6 Å². The van der Waals surface area contributed by atoms with Gasteiger partial charge in [0.25, 0.3) is 0 Å². The van der Waals surface area contributed by atoms with Crippen LogP contribution in [0.3, 0.4) is 0 Å². The van der Waals surface area contributed by atoms with Crippen molar-refractivity contribution in [1.82, 2.24) is 10.2 Å². The Hall–Kier alpha value is -1.10. The maximum atomic E-state index is 12.5. The summed E-state index contributed by atoms with van der Waals surface area (Å²) >= 11 is 0. The van der Waals surface area contributed by atoms with Crippen molar-refractivity contribution in [3.63, 3.8) is 0 Å². The molecule has 0 spiro atoms. The molecule has 2 amide bonds. The summed E-state index contributed by atoms with van der Waals surface area (Å²) in [6.07, 6.45) is 2.99. The van der Waals surface area contributed by atoms with Crippen molar-refractivity contribution in [2.24, 2.45) is 5.92 Å². The van der Waals surface area contributed by atoms with Gasteiger partial charge in [0.05, 0.1) is 6.61 Å². The third-order valence-corrected chi connectivity index (χ3v) is 4.03. The van der Waals surface area contributed by atoms with E-state index in [0.29, 0.717) is 19.8 Å². The van der Waals surface area contributed by atoms with Gasteiger partial charge < -0.3 is 15.0 Å². The van der Waals surface area contributed by atoms with E-state index in [0.717, 1.165) is 19.3 Å². The van der Waals surface area contributed by atoms with Crippen LogP contribution in [0.15, 0.2) is 0 Å². The summed E-state index contributed by atoms with van der Waals surface area (Å²) in [7, 11) is 0. The fourth-order valence-electron chi connectivity index (χ4n) is 2.28. The fraction of sp³-hybridized carbons (Fsp3) is 0.867. The molecule has 1 N–H and O–H groups in total. The Morgan fingerprint density at radius 3 is 2.60 bits per heavy atom. The van der Waals surface area contributed by atoms with Crippen LogP contribution in [0.2, 0.25) is 0 Å². The van der Waals surface area contributed by atoms with Gasteiger partial charge in [-0.25, -0.2) is 0 Å². The summed E-state index contributed by atoms with van der Waals surface area (Å²) in [5.74, 6) is 0.108. The van der Waals surface area contributed by atoms with Crippen LogP contribution in [0.4, 0.5) is 0 Å². The lowest BCUT2D eigenvalue weighted by Crippen LogP contribution is -2.64. The summed E-state index contributed by atoms with van der Waals surface area (Å²) in [5.41, 5.74) is 0. The third-order valence-electron chi connectivity index (χ3n) is 4.03. The Morgan fingerprint density at radius 2 is 2.00 bits per heavy atom. The quantitative estimate of drug-likeness (QED) is 0.688. The molecule has 0 saturated carbocycles. The Morgan fingerprint density at radius 1 is 1.30 bits per heavy atom. The van der Waals surface area contributed by atoms with Crippen LogP contribution < -0.4 is 5.32 Å². The second-order valence-electron chi connectivity index (χ2n) is 5.55. The second-order valence-corrected chi connectivity index (χ2v) is 5.55. The molecule has 1 aliphatic rings. The molecule has 1 heterocycles. The van der Waals surface area contributed by atoms with E-state index in [4.69, 9.17) is 4.74 Å². The van der Waals surface area contributed by atoms with Gasteiger partial charge in [0, 0.05) is 13.2 Å². The van der Waals surface area contributed by atoms with Gasteiger partial charge in [0.2, 0.25) is 11.8 Å². The van der Waals surface area contributed by atoms with Crippen LogP contribution >= 0.6 is 0 Å². The number of amides is 2. The van der Waals surface area contributed by atoms with Gasteiger partial charge in [-0.1, -0.05) is 33.6 Å². The van der Waals surface area contributed by atoms with Gasteiger partial charge in [-0.2, -0.15) is 0 Å². The van der Waals surface area contributed by atoms with E-state index in [1.165, 1.54) is 0 Å². The number of ether oxygens (including phenoxy) is 1. The first-order valence-electron chi connectivity index (χ1n) is 7.71. The molecular formula is C15H28N2O3. The molecule has 116 valence electrons. The monoisotopic (exact) mass is 284 g/mol. The number of hydrogen-bond donors (Lipinski definition) is 1. The van der Waals surface area contributed by atoms with Gasteiger partial charge >= 0.3 is 0 Å². The summed E-state index contributed by atoms with van der Waals surface area (Å²) < 4.78 is 5.51. The Labute approximate surface area is 122 Å². The average Bonchev–Trinajstić information content (AvgIpc) is 2.45. The van der Waals surface area contributed by atoms with E-state index in [1.807, 2.05) is 13.8 Å². The minimum Gasteiger partial charge on any atom is -0.380 e. The molecule has 0 aromatic rings. The molecule has 0 radical (unpaired) electrons. The first-order valence-corrected chi connectivity index (χ1v) is 7.71. The van der Waals surface area contributed by atoms with E-state index >= 15 is 0 Å². The molecular weight excluding hydrogens is 256 g/mol. The average molecular weight is 284 g/mol. The highest BCUT2D eigenvalue weighted by molar-refractivity contribution is 5.96. The normalized spacial score (nSPS) is 24.7. The predicted octanol–water partition coefficient (Wildman–Crippen LogP) is 1.56. The Balaban J connectivity index is 2.57. The number of carbonyl (C=O) groups is 2. The largest absolute Gasteiger partial charge is 0.380 e. The van der Waals surface area contributed by atoms with Crippen molar-refractivity contribution in [2.45, 2.75) is 59.0 Å². The number of hydrogen-bond acceptors (Lipinski definition) is 3. The van der Waals surface area contributed by atoms with Crippen LogP contribution in [0.5, 0.6) is 0 Å². The van der Waals surface area contributed by atoms with Gasteiger partial charge in [-0.3, -0.25) is 9.59 Å².